The van der Waals surface area contributed by atoms with Crippen LogP contribution in [0.15, 0.2) is 0 Å². The van der Waals surface area contributed by atoms with Crippen LogP contribution in [0, 0.1) is 0 Å². The van der Waals surface area contributed by atoms with Gasteiger partial charge in [0.2, 0.25) is 0 Å². The van der Waals surface area contributed by atoms with E-state index in [1.807, 2.05) is 0 Å². The SMILES string of the molecule is COCC(=O)CCCCCCCC(=O)COC. The molecule has 0 aliphatic rings. The second-order valence-corrected chi connectivity index (χ2v) is 4.21. The van der Waals surface area contributed by atoms with Crippen LogP contribution in [0.4, 0.5) is 0 Å². The number of ether oxygens (including phenoxy) is 2. The molecule has 0 radical (unpaired) electrons. The van der Waals surface area contributed by atoms with Crippen molar-refractivity contribution in [2.45, 2.75) is 44.9 Å². The van der Waals surface area contributed by atoms with Gasteiger partial charge < -0.3 is 9.47 Å². The zero-order chi connectivity index (χ0) is 12.9. The maximum Gasteiger partial charge on any atom is 0.158 e. The molecule has 0 atom stereocenters. The summed E-state index contributed by atoms with van der Waals surface area (Å²) < 4.78 is 9.50. The molecule has 0 aromatic carbocycles. The molecule has 0 saturated carbocycles. The molecular weight excluding hydrogens is 220 g/mol. The maximum atomic E-state index is 11.1. The minimum atomic E-state index is 0.169. The van der Waals surface area contributed by atoms with E-state index in [1.165, 1.54) is 14.2 Å². The number of methoxy groups -OCH3 is 2. The zero-order valence-corrected chi connectivity index (χ0v) is 11.0. The molecule has 0 saturated heterocycles. The van der Waals surface area contributed by atoms with Gasteiger partial charge in [-0.3, -0.25) is 9.59 Å². The molecule has 0 aliphatic carbocycles. The van der Waals surface area contributed by atoms with Crippen LogP contribution in [-0.2, 0) is 19.1 Å². The normalized spacial score (nSPS) is 10.5. The highest BCUT2D eigenvalue weighted by Gasteiger charge is 2.02. The summed E-state index contributed by atoms with van der Waals surface area (Å²) in [5.41, 5.74) is 0. The Morgan fingerprint density at radius 1 is 0.706 bits per heavy atom. The van der Waals surface area contributed by atoms with Crippen LogP contribution < -0.4 is 0 Å². The zero-order valence-electron chi connectivity index (χ0n) is 11.0. The Labute approximate surface area is 104 Å². The van der Waals surface area contributed by atoms with E-state index in [9.17, 15) is 9.59 Å². The summed E-state index contributed by atoms with van der Waals surface area (Å²) in [5, 5.41) is 0. The molecule has 0 aromatic heterocycles. The smallest absolute Gasteiger partial charge is 0.158 e. The highest BCUT2D eigenvalue weighted by atomic mass is 16.5. The summed E-state index contributed by atoms with van der Waals surface area (Å²) in [6.45, 7) is 0.455. The molecule has 4 heteroatoms. The van der Waals surface area contributed by atoms with E-state index < -0.39 is 0 Å². The molecule has 4 nitrogen and oxygen atoms in total. The van der Waals surface area contributed by atoms with Gasteiger partial charge >= 0.3 is 0 Å². The lowest BCUT2D eigenvalue weighted by Crippen LogP contribution is -2.06. The predicted octanol–water partition coefficient (Wildman–Crippen LogP) is 2.15. The average Bonchev–Trinajstić information content (AvgIpc) is 2.28. The minimum Gasteiger partial charge on any atom is -0.377 e. The van der Waals surface area contributed by atoms with E-state index in [0.717, 1.165) is 32.1 Å². The van der Waals surface area contributed by atoms with E-state index in [4.69, 9.17) is 9.47 Å². The summed E-state index contributed by atoms with van der Waals surface area (Å²) in [5.74, 6) is 0.338. The van der Waals surface area contributed by atoms with Gasteiger partial charge in [-0.1, -0.05) is 19.3 Å². The number of unbranched alkanes of at least 4 members (excludes halogenated alkanes) is 4. The van der Waals surface area contributed by atoms with Crippen LogP contribution in [0.2, 0.25) is 0 Å². The van der Waals surface area contributed by atoms with Crippen molar-refractivity contribution in [3.05, 3.63) is 0 Å². The number of carbonyl (C=O) groups is 2. The van der Waals surface area contributed by atoms with Crippen molar-refractivity contribution in [2.24, 2.45) is 0 Å². The molecule has 0 rings (SSSR count). The molecule has 0 bridgehead atoms. The molecule has 17 heavy (non-hydrogen) atoms. The third-order valence-corrected chi connectivity index (χ3v) is 2.52. The van der Waals surface area contributed by atoms with Crippen molar-refractivity contribution in [3.63, 3.8) is 0 Å². The number of carbonyl (C=O) groups excluding carboxylic acids is 2. The summed E-state index contributed by atoms with van der Waals surface area (Å²) in [4.78, 5) is 22.2. The Morgan fingerprint density at radius 2 is 1.06 bits per heavy atom. The lowest BCUT2D eigenvalue weighted by Gasteiger charge is -2.01. The van der Waals surface area contributed by atoms with Crippen LogP contribution in [0.25, 0.3) is 0 Å². The van der Waals surface area contributed by atoms with E-state index in [-0.39, 0.29) is 24.8 Å². The maximum absolute atomic E-state index is 11.1. The highest BCUT2D eigenvalue weighted by molar-refractivity contribution is 5.79. The van der Waals surface area contributed by atoms with Gasteiger partial charge in [-0.2, -0.15) is 0 Å². The third kappa shape index (κ3) is 11.5. The van der Waals surface area contributed by atoms with Gasteiger partial charge in [0.25, 0.3) is 0 Å². The van der Waals surface area contributed by atoms with Crippen molar-refractivity contribution < 1.29 is 19.1 Å². The number of hydrogen-bond donors (Lipinski definition) is 0. The molecule has 0 unspecified atom stereocenters. The van der Waals surface area contributed by atoms with E-state index in [0.29, 0.717) is 12.8 Å². The summed E-state index contributed by atoms with van der Waals surface area (Å²) in [7, 11) is 3.07. The first-order chi connectivity index (χ1) is 8.20. The quantitative estimate of drug-likeness (QED) is 0.494. The molecule has 0 aromatic rings. The number of hydrogen-bond acceptors (Lipinski definition) is 4. The molecule has 100 valence electrons. The molecule has 0 fully saturated rings. The first-order valence-corrected chi connectivity index (χ1v) is 6.22. The Morgan fingerprint density at radius 3 is 1.41 bits per heavy atom. The van der Waals surface area contributed by atoms with Gasteiger partial charge in [0.1, 0.15) is 13.2 Å². The summed E-state index contributed by atoms with van der Waals surface area (Å²) in [6, 6.07) is 0. The minimum absolute atomic E-state index is 0.169. The van der Waals surface area contributed by atoms with Crippen LogP contribution in [0.3, 0.4) is 0 Å². The Kier molecular flexibility index (Phi) is 11.2. The number of ketones is 2. The second-order valence-electron chi connectivity index (χ2n) is 4.21. The second kappa shape index (κ2) is 11.7. The van der Waals surface area contributed by atoms with Crippen LogP contribution in [-0.4, -0.2) is 39.0 Å². The largest absolute Gasteiger partial charge is 0.377 e. The van der Waals surface area contributed by atoms with Gasteiger partial charge in [-0.25, -0.2) is 0 Å². The fourth-order valence-electron chi connectivity index (χ4n) is 1.64. The third-order valence-electron chi connectivity index (χ3n) is 2.52. The molecule has 0 amide bonds. The fraction of sp³-hybridized carbons (Fsp3) is 0.846. The molecule has 0 heterocycles. The lowest BCUT2D eigenvalue weighted by molar-refractivity contribution is -0.123. The highest BCUT2D eigenvalue weighted by Crippen LogP contribution is 2.08. The van der Waals surface area contributed by atoms with Gasteiger partial charge in [-0.15, -0.1) is 0 Å². The average molecular weight is 244 g/mol. The summed E-state index contributed by atoms with van der Waals surface area (Å²) >= 11 is 0. The van der Waals surface area contributed by atoms with Gasteiger partial charge in [0.15, 0.2) is 11.6 Å². The Balaban J connectivity index is 3.18. The van der Waals surface area contributed by atoms with Crippen LogP contribution >= 0.6 is 0 Å². The monoisotopic (exact) mass is 244 g/mol. The fourth-order valence-corrected chi connectivity index (χ4v) is 1.64. The van der Waals surface area contributed by atoms with Crippen molar-refractivity contribution >= 4 is 11.6 Å². The van der Waals surface area contributed by atoms with Gasteiger partial charge in [0.05, 0.1) is 0 Å². The topological polar surface area (TPSA) is 52.6 Å². The number of Topliss-reactive ketones (excluding diaryl/α,β-unsaturated/α-hetero) is 2. The molecule has 0 spiro atoms. The van der Waals surface area contributed by atoms with Crippen LogP contribution in [0.5, 0.6) is 0 Å². The predicted molar refractivity (Wildman–Crippen MR) is 66.1 cm³/mol. The Hall–Kier alpha value is -0.740. The Bertz CT molecular complexity index is 191. The van der Waals surface area contributed by atoms with Crippen molar-refractivity contribution in [1.82, 2.24) is 0 Å². The summed E-state index contributed by atoms with van der Waals surface area (Å²) in [6.07, 6.45) is 6.25. The first-order valence-electron chi connectivity index (χ1n) is 6.22. The van der Waals surface area contributed by atoms with E-state index >= 15 is 0 Å². The standard InChI is InChI=1S/C13H24O4/c1-16-10-12(14)8-6-4-3-5-7-9-13(15)11-17-2/h3-11H2,1-2H3. The molecular formula is C13H24O4. The first kappa shape index (κ1) is 16.3. The van der Waals surface area contributed by atoms with E-state index in [2.05, 4.69) is 0 Å². The van der Waals surface area contributed by atoms with Gasteiger partial charge in [0, 0.05) is 27.1 Å². The molecule has 0 aliphatic heterocycles. The lowest BCUT2D eigenvalue weighted by atomic mass is 10.1. The molecule has 0 N–H and O–H groups in total. The van der Waals surface area contributed by atoms with Crippen molar-refractivity contribution in [1.29, 1.82) is 0 Å². The van der Waals surface area contributed by atoms with Crippen molar-refractivity contribution in [2.75, 3.05) is 27.4 Å². The van der Waals surface area contributed by atoms with Crippen molar-refractivity contribution in [3.8, 4) is 0 Å². The van der Waals surface area contributed by atoms with Gasteiger partial charge in [-0.05, 0) is 12.8 Å². The number of rotatable bonds is 12. The van der Waals surface area contributed by atoms with Crippen LogP contribution in [0.1, 0.15) is 44.9 Å². The van der Waals surface area contributed by atoms with E-state index in [1.54, 1.807) is 0 Å².